The summed E-state index contributed by atoms with van der Waals surface area (Å²) in [6.07, 6.45) is 10.4. The lowest BCUT2D eigenvalue weighted by molar-refractivity contribution is 0.00303. The molecule has 0 bridgehead atoms. The van der Waals surface area contributed by atoms with E-state index in [4.69, 9.17) is 21.8 Å². The van der Waals surface area contributed by atoms with Crippen LogP contribution in [0.25, 0.3) is 28.1 Å². The predicted molar refractivity (Wildman–Crippen MR) is 132 cm³/mol. The second-order valence-electron chi connectivity index (χ2n) is 8.34. The zero-order chi connectivity index (χ0) is 22.8. The van der Waals surface area contributed by atoms with Gasteiger partial charge in [0.2, 0.25) is 0 Å². The van der Waals surface area contributed by atoms with E-state index in [2.05, 4.69) is 45.5 Å². The predicted octanol–water partition coefficient (Wildman–Crippen LogP) is 5.69. The number of hydrogen-bond donors (Lipinski definition) is 3. The molecule has 0 saturated heterocycles. The molecule has 3 N–H and O–H groups in total. The molecule has 2 heterocycles. The average Bonchev–Trinajstić information content (AvgIpc) is 3.25. The lowest BCUT2D eigenvalue weighted by Crippen LogP contribution is -2.15. The Balaban J connectivity index is 1.73. The van der Waals surface area contributed by atoms with Gasteiger partial charge in [-0.05, 0) is 70.9 Å². The summed E-state index contributed by atoms with van der Waals surface area (Å²) in [6.45, 7) is 0. The normalized spacial score (nSPS) is 15.3. The monoisotopic (exact) mass is 457 g/mol. The van der Waals surface area contributed by atoms with Gasteiger partial charge in [-0.3, -0.25) is 10.1 Å². The van der Waals surface area contributed by atoms with E-state index in [1.54, 1.807) is 18.5 Å². The molecule has 1 fully saturated rings. The number of rotatable bonds is 6. The van der Waals surface area contributed by atoms with Crippen molar-refractivity contribution in [1.82, 2.24) is 15.2 Å². The lowest BCUT2D eigenvalue weighted by atomic mass is 9.73. The van der Waals surface area contributed by atoms with E-state index in [1.165, 1.54) is 18.1 Å². The van der Waals surface area contributed by atoms with Crippen LogP contribution in [-0.2, 0) is 0 Å². The third kappa shape index (κ3) is 4.48. The SMILES string of the molecule is OC(O)/C=C/c1ccc(/C(=C(\c2ccncc2Cl)C2CCC2)c2ccc3[nH]ncc3c2)cc1. The van der Waals surface area contributed by atoms with Crippen molar-refractivity contribution in [3.8, 4) is 0 Å². The third-order valence-electron chi connectivity index (χ3n) is 6.23. The van der Waals surface area contributed by atoms with E-state index in [-0.39, 0.29) is 0 Å². The standard InChI is InChI=1S/C27H24ClN3O2/c28-23-16-29-13-12-22(23)27(18-2-1-3-18)26(20-9-10-24-21(14-20)15-30-31-24)19-7-4-17(5-8-19)6-11-25(32)33/h4-16,18,25,32-33H,1-3H2,(H,30,31)/b11-6+,27-26+. The van der Waals surface area contributed by atoms with Gasteiger partial charge in [-0.25, -0.2) is 0 Å². The molecule has 0 aliphatic heterocycles. The third-order valence-corrected chi connectivity index (χ3v) is 6.54. The van der Waals surface area contributed by atoms with Crippen molar-refractivity contribution in [2.24, 2.45) is 5.92 Å². The minimum Gasteiger partial charge on any atom is -0.365 e. The second kappa shape index (κ2) is 9.32. The summed E-state index contributed by atoms with van der Waals surface area (Å²) in [5, 5.41) is 27.2. The van der Waals surface area contributed by atoms with Gasteiger partial charge in [0, 0.05) is 23.3 Å². The van der Waals surface area contributed by atoms with E-state index in [1.807, 2.05) is 24.4 Å². The molecular formula is C27H24ClN3O2. The second-order valence-corrected chi connectivity index (χ2v) is 8.75. The number of aliphatic hydroxyl groups excluding tert-OH is 1. The van der Waals surface area contributed by atoms with E-state index in [0.29, 0.717) is 10.9 Å². The number of aromatic amines is 1. The van der Waals surface area contributed by atoms with Crippen LogP contribution in [0.4, 0.5) is 0 Å². The Labute approximate surface area is 197 Å². The number of benzene rings is 2. The van der Waals surface area contributed by atoms with Crippen LogP contribution in [0.5, 0.6) is 0 Å². The van der Waals surface area contributed by atoms with Gasteiger partial charge in [0.05, 0.1) is 16.7 Å². The van der Waals surface area contributed by atoms with Gasteiger partial charge >= 0.3 is 0 Å². The lowest BCUT2D eigenvalue weighted by Gasteiger charge is -2.32. The van der Waals surface area contributed by atoms with Crippen LogP contribution in [0.2, 0.25) is 5.02 Å². The summed E-state index contributed by atoms with van der Waals surface area (Å²) < 4.78 is 0. The Morgan fingerprint density at radius 1 is 1.03 bits per heavy atom. The zero-order valence-corrected chi connectivity index (χ0v) is 18.7. The number of nitrogens with zero attached hydrogens (tertiary/aromatic N) is 2. The fourth-order valence-electron chi connectivity index (χ4n) is 4.38. The van der Waals surface area contributed by atoms with Gasteiger partial charge in [0.15, 0.2) is 6.29 Å². The first kappa shape index (κ1) is 21.6. The minimum absolute atomic E-state index is 0.420. The molecule has 2 aromatic heterocycles. The Bertz CT molecular complexity index is 1340. The highest BCUT2D eigenvalue weighted by molar-refractivity contribution is 6.32. The molecule has 6 heteroatoms. The summed E-state index contributed by atoms with van der Waals surface area (Å²) in [5.41, 5.74) is 7.48. The highest BCUT2D eigenvalue weighted by Crippen LogP contribution is 2.46. The molecule has 0 radical (unpaired) electrons. The smallest absolute Gasteiger partial charge is 0.171 e. The number of allylic oxidation sites excluding steroid dienone is 1. The fraction of sp³-hybridized carbons (Fsp3) is 0.185. The Morgan fingerprint density at radius 2 is 1.82 bits per heavy atom. The number of nitrogens with one attached hydrogen (secondary N) is 1. The number of halogens is 1. The number of hydrogen-bond acceptors (Lipinski definition) is 4. The van der Waals surface area contributed by atoms with Crippen LogP contribution in [0.3, 0.4) is 0 Å². The molecule has 0 atom stereocenters. The van der Waals surface area contributed by atoms with Crippen molar-refractivity contribution in [3.63, 3.8) is 0 Å². The number of aromatic nitrogens is 3. The average molecular weight is 458 g/mol. The van der Waals surface area contributed by atoms with Crippen LogP contribution < -0.4 is 0 Å². The van der Waals surface area contributed by atoms with Crippen LogP contribution in [0.1, 0.15) is 41.5 Å². The highest BCUT2D eigenvalue weighted by Gasteiger charge is 2.28. The van der Waals surface area contributed by atoms with Gasteiger partial charge in [-0.2, -0.15) is 5.10 Å². The van der Waals surface area contributed by atoms with Crippen LogP contribution in [-0.4, -0.2) is 31.7 Å². The Hall–Kier alpha value is -3.25. The van der Waals surface area contributed by atoms with Gasteiger partial charge in [-0.15, -0.1) is 0 Å². The minimum atomic E-state index is -1.47. The van der Waals surface area contributed by atoms with Crippen molar-refractivity contribution >= 4 is 39.7 Å². The maximum absolute atomic E-state index is 9.13. The van der Waals surface area contributed by atoms with Crippen LogP contribution >= 0.6 is 11.6 Å². The molecule has 1 saturated carbocycles. The van der Waals surface area contributed by atoms with Crippen molar-refractivity contribution in [1.29, 1.82) is 0 Å². The quantitative estimate of drug-likeness (QED) is 0.324. The maximum Gasteiger partial charge on any atom is 0.171 e. The van der Waals surface area contributed by atoms with Crippen molar-refractivity contribution in [3.05, 3.63) is 100 Å². The van der Waals surface area contributed by atoms with Crippen molar-refractivity contribution in [2.45, 2.75) is 25.6 Å². The van der Waals surface area contributed by atoms with Crippen molar-refractivity contribution in [2.75, 3.05) is 0 Å². The molecule has 0 spiro atoms. The molecule has 1 aliphatic rings. The van der Waals surface area contributed by atoms with Gasteiger partial charge in [0.1, 0.15) is 0 Å². The first-order valence-corrected chi connectivity index (χ1v) is 11.4. The molecule has 1 aliphatic carbocycles. The molecule has 0 unspecified atom stereocenters. The Kier molecular flexibility index (Phi) is 6.09. The van der Waals surface area contributed by atoms with E-state index in [9.17, 15) is 0 Å². The topological polar surface area (TPSA) is 82.0 Å². The maximum atomic E-state index is 9.13. The number of fused-ring (bicyclic) bond motifs is 1. The molecule has 166 valence electrons. The van der Waals surface area contributed by atoms with Crippen LogP contribution in [0.15, 0.2) is 73.2 Å². The number of aliphatic hydroxyl groups is 2. The van der Waals surface area contributed by atoms with Crippen molar-refractivity contribution < 1.29 is 10.2 Å². The zero-order valence-electron chi connectivity index (χ0n) is 17.9. The Morgan fingerprint density at radius 3 is 2.52 bits per heavy atom. The van der Waals surface area contributed by atoms with Crippen LogP contribution in [0, 0.1) is 5.92 Å². The van der Waals surface area contributed by atoms with Gasteiger partial charge < -0.3 is 10.2 Å². The number of H-pyrrole nitrogens is 1. The first-order chi connectivity index (χ1) is 16.1. The molecule has 4 aromatic rings. The van der Waals surface area contributed by atoms with Gasteiger partial charge in [0.25, 0.3) is 0 Å². The largest absolute Gasteiger partial charge is 0.365 e. The fourth-order valence-corrected chi connectivity index (χ4v) is 4.60. The summed E-state index contributed by atoms with van der Waals surface area (Å²) in [5.74, 6) is 0.420. The van der Waals surface area contributed by atoms with E-state index >= 15 is 0 Å². The first-order valence-electron chi connectivity index (χ1n) is 11.0. The summed E-state index contributed by atoms with van der Waals surface area (Å²) >= 11 is 6.67. The van der Waals surface area contributed by atoms with E-state index in [0.717, 1.165) is 51.6 Å². The summed E-state index contributed by atoms with van der Waals surface area (Å²) in [4.78, 5) is 4.20. The number of pyridine rings is 1. The molecular weight excluding hydrogens is 434 g/mol. The summed E-state index contributed by atoms with van der Waals surface area (Å²) in [6, 6.07) is 16.5. The molecule has 5 nitrogen and oxygen atoms in total. The van der Waals surface area contributed by atoms with E-state index < -0.39 is 6.29 Å². The molecule has 2 aromatic carbocycles. The molecule has 33 heavy (non-hydrogen) atoms. The summed E-state index contributed by atoms with van der Waals surface area (Å²) in [7, 11) is 0. The molecule has 5 rings (SSSR count). The highest BCUT2D eigenvalue weighted by atomic mass is 35.5. The molecule has 0 amide bonds. The van der Waals surface area contributed by atoms with Gasteiger partial charge in [-0.1, -0.05) is 54.4 Å².